The summed E-state index contributed by atoms with van der Waals surface area (Å²) in [6, 6.07) is 21.0. The standard InChI is InChI=1S/C21H17NO2/c1-17-9-10-18(22-16-17)6-5-15-23-19-11-13-21(14-12-19)24-20-7-3-2-4-8-20/h2-4,7-14,16H,15H2,1H3. The minimum absolute atomic E-state index is 0.314. The Morgan fingerprint density at radius 1 is 0.833 bits per heavy atom. The Morgan fingerprint density at radius 2 is 1.54 bits per heavy atom. The summed E-state index contributed by atoms with van der Waals surface area (Å²) in [5.41, 5.74) is 1.87. The van der Waals surface area contributed by atoms with Gasteiger partial charge in [0.05, 0.1) is 0 Å². The van der Waals surface area contributed by atoms with Crippen LogP contribution in [0, 0.1) is 18.8 Å². The van der Waals surface area contributed by atoms with Gasteiger partial charge < -0.3 is 9.47 Å². The summed E-state index contributed by atoms with van der Waals surface area (Å²) in [7, 11) is 0. The van der Waals surface area contributed by atoms with Gasteiger partial charge in [-0.1, -0.05) is 30.2 Å². The van der Waals surface area contributed by atoms with Crippen molar-refractivity contribution in [2.75, 3.05) is 6.61 Å². The van der Waals surface area contributed by atoms with Crippen molar-refractivity contribution < 1.29 is 9.47 Å². The first-order chi connectivity index (χ1) is 11.8. The SMILES string of the molecule is Cc1ccc(C#CCOc2ccc(Oc3ccccc3)cc2)nc1. The molecule has 24 heavy (non-hydrogen) atoms. The summed E-state index contributed by atoms with van der Waals surface area (Å²) < 4.78 is 11.3. The van der Waals surface area contributed by atoms with Crippen LogP contribution in [0.4, 0.5) is 0 Å². The number of nitrogens with zero attached hydrogens (tertiary/aromatic N) is 1. The molecule has 0 saturated heterocycles. The number of rotatable bonds is 4. The van der Waals surface area contributed by atoms with Crippen LogP contribution in [-0.2, 0) is 0 Å². The molecular weight excluding hydrogens is 298 g/mol. The Hall–Kier alpha value is -3.25. The zero-order chi connectivity index (χ0) is 16.6. The first kappa shape index (κ1) is 15.6. The molecule has 0 aliphatic rings. The quantitative estimate of drug-likeness (QED) is 0.659. The molecule has 0 bridgehead atoms. The minimum Gasteiger partial charge on any atom is -0.481 e. The third kappa shape index (κ3) is 4.62. The van der Waals surface area contributed by atoms with Crippen molar-refractivity contribution in [2.24, 2.45) is 0 Å². The Kier molecular flexibility index (Phi) is 5.11. The normalized spacial score (nSPS) is 9.71. The molecule has 1 heterocycles. The van der Waals surface area contributed by atoms with E-state index in [1.165, 1.54) is 0 Å². The van der Waals surface area contributed by atoms with Gasteiger partial charge in [0, 0.05) is 6.20 Å². The smallest absolute Gasteiger partial charge is 0.149 e. The lowest BCUT2D eigenvalue weighted by molar-refractivity contribution is 0.369. The zero-order valence-corrected chi connectivity index (χ0v) is 13.4. The third-order valence-corrected chi connectivity index (χ3v) is 3.24. The molecule has 0 saturated carbocycles. The molecule has 0 N–H and O–H groups in total. The highest BCUT2D eigenvalue weighted by Gasteiger charge is 1.97. The summed E-state index contributed by atoms with van der Waals surface area (Å²) in [5.74, 6) is 8.26. The zero-order valence-electron chi connectivity index (χ0n) is 13.4. The molecule has 118 valence electrons. The van der Waals surface area contributed by atoms with E-state index in [1.807, 2.05) is 73.7 Å². The van der Waals surface area contributed by atoms with Crippen molar-refractivity contribution in [3.05, 3.63) is 84.2 Å². The second-order valence-electron chi connectivity index (χ2n) is 5.20. The van der Waals surface area contributed by atoms with Crippen LogP contribution in [0.1, 0.15) is 11.3 Å². The van der Waals surface area contributed by atoms with Crippen LogP contribution in [0.25, 0.3) is 0 Å². The second-order valence-corrected chi connectivity index (χ2v) is 5.20. The van der Waals surface area contributed by atoms with E-state index < -0.39 is 0 Å². The van der Waals surface area contributed by atoms with E-state index in [-0.39, 0.29) is 0 Å². The van der Waals surface area contributed by atoms with E-state index in [2.05, 4.69) is 16.8 Å². The molecule has 0 atom stereocenters. The molecule has 2 aromatic carbocycles. The van der Waals surface area contributed by atoms with Crippen LogP contribution in [0.5, 0.6) is 17.2 Å². The van der Waals surface area contributed by atoms with Crippen LogP contribution >= 0.6 is 0 Å². The predicted molar refractivity (Wildman–Crippen MR) is 94.3 cm³/mol. The average Bonchev–Trinajstić information content (AvgIpc) is 2.62. The molecule has 3 rings (SSSR count). The molecule has 0 fully saturated rings. The Balaban J connectivity index is 1.52. The van der Waals surface area contributed by atoms with Gasteiger partial charge in [0.15, 0.2) is 0 Å². The largest absolute Gasteiger partial charge is 0.481 e. The van der Waals surface area contributed by atoms with Gasteiger partial charge in [-0.3, -0.25) is 0 Å². The number of pyridine rings is 1. The van der Waals surface area contributed by atoms with Crippen molar-refractivity contribution in [3.8, 4) is 29.1 Å². The summed E-state index contributed by atoms with van der Waals surface area (Å²) in [5, 5.41) is 0. The molecule has 3 nitrogen and oxygen atoms in total. The molecule has 3 heteroatoms. The number of hydrogen-bond acceptors (Lipinski definition) is 3. The third-order valence-electron chi connectivity index (χ3n) is 3.24. The summed E-state index contributed by atoms with van der Waals surface area (Å²) in [6.07, 6.45) is 1.80. The molecule has 0 radical (unpaired) electrons. The number of hydrogen-bond donors (Lipinski definition) is 0. The van der Waals surface area contributed by atoms with E-state index in [9.17, 15) is 0 Å². The lowest BCUT2D eigenvalue weighted by Crippen LogP contribution is -1.94. The van der Waals surface area contributed by atoms with E-state index in [0.29, 0.717) is 6.61 Å². The van der Waals surface area contributed by atoms with Crippen LogP contribution in [0.15, 0.2) is 72.9 Å². The topological polar surface area (TPSA) is 31.4 Å². The first-order valence-corrected chi connectivity index (χ1v) is 7.67. The van der Waals surface area contributed by atoms with E-state index >= 15 is 0 Å². The minimum atomic E-state index is 0.314. The maximum atomic E-state index is 5.73. The highest BCUT2D eigenvalue weighted by atomic mass is 16.5. The highest BCUT2D eigenvalue weighted by Crippen LogP contribution is 2.23. The number of para-hydroxylation sites is 1. The van der Waals surface area contributed by atoms with Gasteiger partial charge in [0.2, 0.25) is 0 Å². The molecule has 0 amide bonds. The van der Waals surface area contributed by atoms with Crippen LogP contribution < -0.4 is 9.47 Å². The maximum Gasteiger partial charge on any atom is 0.149 e. The highest BCUT2D eigenvalue weighted by molar-refractivity contribution is 5.35. The Labute approximate surface area is 141 Å². The molecule has 0 unspecified atom stereocenters. The fraction of sp³-hybridized carbons (Fsp3) is 0.0952. The number of aryl methyl sites for hydroxylation is 1. The molecule has 3 aromatic rings. The van der Waals surface area contributed by atoms with Crippen molar-refractivity contribution in [1.82, 2.24) is 4.98 Å². The van der Waals surface area contributed by atoms with Crippen molar-refractivity contribution in [3.63, 3.8) is 0 Å². The number of ether oxygens (including phenoxy) is 2. The fourth-order valence-corrected chi connectivity index (χ4v) is 2.02. The molecule has 1 aromatic heterocycles. The monoisotopic (exact) mass is 315 g/mol. The molecule has 0 aliphatic heterocycles. The van der Waals surface area contributed by atoms with Gasteiger partial charge in [0.25, 0.3) is 0 Å². The summed E-state index contributed by atoms with van der Waals surface area (Å²) in [6.45, 7) is 2.31. The van der Waals surface area contributed by atoms with Crippen molar-refractivity contribution in [2.45, 2.75) is 6.92 Å². The lowest BCUT2D eigenvalue weighted by atomic mass is 10.3. The van der Waals surface area contributed by atoms with Gasteiger partial charge >= 0.3 is 0 Å². The van der Waals surface area contributed by atoms with Crippen LogP contribution in [0.3, 0.4) is 0 Å². The van der Waals surface area contributed by atoms with Gasteiger partial charge in [-0.2, -0.15) is 0 Å². The van der Waals surface area contributed by atoms with Crippen LogP contribution in [-0.4, -0.2) is 11.6 Å². The molecular formula is C21H17NO2. The maximum absolute atomic E-state index is 5.73. The van der Waals surface area contributed by atoms with Gasteiger partial charge in [-0.25, -0.2) is 4.98 Å². The predicted octanol–water partition coefficient (Wildman–Crippen LogP) is 4.61. The van der Waals surface area contributed by atoms with Gasteiger partial charge in [-0.15, -0.1) is 0 Å². The van der Waals surface area contributed by atoms with E-state index in [4.69, 9.17) is 9.47 Å². The second kappa shape index (κ2) is 7.85. The van der Waals surface area contributed by atoms with Crippen molar-refractivity contribution in [1.29, 1.82) is 0 Å². The van der Waals surface area contributed by atoms with Crippen molar-refractivity contribution >= 4 is 0 Å². The Bertz CT molecular complexity index is 829. The first-order valence-electron chi connectivity index (χ1n) is 7.67. The summed E-state index contributed by atoms with van der Waals surface area (Å²) in [4.78, 5) is 4.23. The summed E-state index contributed by atoms with van der Waals surface area (Å²) >= 11 is 0. The number of aromatic nitrogens is 1. The van der Waals surface area contributed by atoms with E-state index in [1.54, 1.807) is 6.20 Å². The molecule has 0 aliphatic carbocycles. The van der Waals surface area contributed by atoms with Gasteiger partial charge in [0.1, 0.15) is 29.5 Å². The average molecular weight is 315 g/mol. The van der Waals surface area contributed by atoms with Gasteiger partial charge in [-0.05, 0) is 60.9 Å². The van der Waals surface area contributed by atoms with Crippen LogP contribution in [0.2, 0.25) is 0 Å². The number of benzene rings is 2. The Morgan fingerprint density at radius 3 is 2.25 bits per heavy atom. The van der Waals surface area contributed by atoms with E-state index in [0.717, 1.165) is 28.5 Å². The fourth-order valence-electron chi connectivity index (χ4n) is 2.02. The lowest BCUT2D eigenvalue weighted by Gasteiger charge is -2.06. The molecule has 0 spiro atoms.